The molecule has 0 amide bonds. The highest BCUT2D eigenvalue weighted by atomic mass is 127. The highest BCUT2D eigenvalue weighted by molar-refractivity contribution is 14.1. The molecule has 176 valence electrons. The molecule has 0 radical (unpaired) electrons. The van der Waals surface area contributed by atoms with Crippen LogP contribution in [-0.2, 0) is 0 Å². The fourth-order valence-electron chi connectivity index (χ4n) is 4.38. The molecule has 0 aliphatic heterocycles. The van der Waals surface area contributed by atoms with E-state index in [-0.39, 0.29) is 0 Å². The minimum absolute atomic E-state index is 0.940. The molecule has 0 nitrogen and oxygen atoms in total. The molecule has 0 aromatic rings. The van der Waals surface area contributed by atoms with Crippen molar-refractivity contribution in [2.24, 2.45) is 0 Å². The van der Waals surface area contributed by atoms with Crippen molar-refractivity contribution in [3.8, 4) is 0 Å². The van der Waals surface area contributed by atoms with Crippen molar-refractivity contribution in [1.29, 1.82) is 0 Å². The Hall–Kier alpha value is 0.730. The van der Waals surface area contributed by atoms with Crippen LogP contribution in [0, 0.1) is 0 Å². The smallest absolute Gasteiger partial charge is 0.0110 e. The summed E-state index contributed by atoms with van der Waals surface area (Å²) in [5, 5.41) is 0. The van der Waals surface area contributed by atoms with Gasteiger partial charge in [-0.2, -0.15) is 0 Å². The van der Waals surface area contributed by atoms with Gasteiger partial charge in [-0.25, -0.2) is 0 Å². The van der Waals surface area contributed by atoms with Crippen LogP contribution in [0.2, 0.25) is 0 Å². The average molecular weight is 521 g/mol. The van der Waals surface area contributed by atoms with E-state index in [9.17, 15) is 0 Å². The normalized spacial score (nSPS) is 12.5. The Balaban J connectivity index is 3.11. The Bertz CT molecular complexity index is 275. The highest BCUT2D eigenvalue weighted by Crippen LogP contribution is 2.20. The van der Waals surface area contributed by atoms with Gasteiger partial charge in [0.15, 0.2) is 0 Å². The summed E-state index contributed by atoms with van der Waals surface area (Å²) in [5.74, 6) is 0. The van der Waals surface area contributed by atoms with Gasteiger partial charge in [0.1, 0.15) is 0 Å². The molecule has 0 bridgehead atoms. The van der Waals surface area contributed by atoms with Crippen LogP contribution in [0.5, 0.6) is 0 Å². The van der Waals surface area contributed by atoms with Gasteiger partial charge in [-0.1, -0.05) is 184 Å². The van der Waals surface area contributed by atoms with Crippen LogP contribution < -0.4 is 0 Å². The first kappa shape index (κ1) is 29.7. The molecule has 0 aromatic carbocycles. The summed E-state index contributed by atoms with van der Waals surface area (Å²) in [4.78, 5) is 0. The van der Waals surface area contributed by atoms with E-state index < -0.39 is 0 Å². The monoisotopic (exact) mass is 520 g/mol. The lowest BCUT2D eigenvalue weighted by Gasteiger charge is -2.09. The van der Waals surface area contributed by atoms with E-state index in [1.807, 2.05) is 0 Å². The van der Waals surface area contributed by atoms with Crippen LogP contribution in [0.4, 0.5) is 0 Å². The van der Waals surface area contributed by atoms with Gasteiger partial charge in [-0.3, -0.25) is 0 Å². The number of unbranched alkanes of at least 4 members (excludes halogenated alkanes) is 21. The molecule has 0 fully saturated rings. The van der Waals surface area contributed by atoms with Gasteiger partial charge in [-0.15, -0.1) is 0 Å². The van der Waals surface area contributed by atoms with E-state index in [1.54, 1.807) is 0 Å². The molecule has 0 aliphatic rings. The zero-order chi connectivity index (χ0) is 21.3. The van der Waals surface area contributed by atoms with Crippen LogP contribution >= 0.6 is 22.6 Å². The lowest BCUT2D eigenvalue weighted by atomic mass is 10.0. The van der Waals surface area contributed by atoms with E-state index >= 15 is 0 Å². The number of alkyl halides is 1. The van der Waals surface area contributed by atoms with Crippen molar-refractivity contribution >= 4 is 22.6 Å². The Labute approximate surface area is 200 Å². The van der Waals surface area contributed by atoms with Crippen LogP contribution in [0.1, 0.15) is 174 Å². The fraction of sp³-hybridized carbons (Fsp3) is 1.00. The molecule has 0 saturated carbocycles. The molecular weight excluding hydrogens is 463 g/mol. The van der Waals surface area contributed by atoms with Gasteiger partial charge in [0.2, 0.25) is 0 Å². The maximum atomic E-state index is 2.72. The van der Waals surface area contributed by atoms with Crippen molar-refractivity contribution in [2.45, 2.75) is 178 Å². The second kappa shape index (κ2) is 26.8. The third-order valence-corrected chi connectivity index (χ3v) is 7.74. The molecule has 1 unspecified atom stereocenters. The summed E-state index contributed by atoms with van der Waals surface area (Å²) in [6, 6.07) is 0. The molecule has 0 aromatic heterocycles. The third-order valence-electron chi connectivity index (χ3n) is 6.49. The predicted octanol–water partition coefficient (Wildman–Crippen LogP) is 11.6. The van der Waals surface area contributed by atoms with Crippen molar-refractivity contribution in [2.75, 3.05) is 0 Å². The van der Waals surface area contributed by atoms with Gasteiger partial charge >= 0.3 is 0 Å². The Morgan fingerprint density at radius 3 is 0.793 bits per heavy atom. The van der Waals surface area contributed by atoms with Gasteiger partial charge in [0.05, 0.1) is 0 Å². The number of hydrogen-bond acceptors (Lipinski definition) is 0. The van der Waals surface area contributed by atoms with Gasteiger partial charge in [-0.05, 0) is 12.8 Å². The minimum Gasteiger partial charge on any atom is -0.0826 e. The minimum atomic E-state index is 0.940. The fourth-order valence-corrected chi connectivity index (χ4v) is 5.26. The molecule has 1 heteroatoms. The summed E-state index contributed by atoms with van der Waals surface area (Å²) in [6.07, 6.45) is 36.7. The lowest BCUT2D eigenvalue weighted by molar-refractivity contribution is 0.522. The second-order valence-corrected chi connectivity index (χ2v) is 11.4. The molecule has 0 saturated heterocycles. The molecule has 0 aliphatic carbocycles. The highest BCUT2D eigenvalue weighted by Gasteiger charge is 2.03. The summed E-state index contributed by atoms with van der Waals surface area (Å²) in [5.41, 5.74) is 0. The van der Waals surface area contributed by atoms with Gasteiger partial charge < -0.3 is 0 Å². The van der Waals surface area contributed by atoms with E-state index in [0.717, 1.165) is 3.92 Å². The van der Waals surface area contributed by atoms with Crippen LogP contribution in [0.15, 0.2) is 0 Å². The molecule has 1 atom stereocenters. The van der Waals surface area contributed by atoms with Crippen LogP contribution in [-0.4, -0.2) is 3.92 Å². The van der Waals surface area contributed by atoms with E-state index in [1.165, 1.54) is 161 Å². The zero-order valence-corrected chi connectivity index (χ0v) is 22.8. The summed E-state index contributed by atoms with van der Waals surface area (Å²) >= 11 is 2.72. The maximum absolute atomic E-state index is 2.72. The molecule has 29 heavy (non-hydrogen) atoms. The van der Waals surface area contributed by atoms with Crippen LogP contribution in [0.3, 0.4) is 0 Å². The SMILES string of the molecule is CCCCCCCCCCCCCCCCCC(I)CCCCCCCCCC. The summed E-state index contributed by atoms with van der Waals surface area (Å²) in [6.45, 7) is 4.61. The van der Waals surface area contributed by atoms with Crippen molar-refractivity contribution < 1.29 is 0 Å². The van der Waals surface area contributed by atoms with Crippen LogP contribution in [0.25, 0.3) is 0 Å². The molecular formula is C28H57I. The first-order chi connectivity index (χ1) is 14.3. The first-order valence-electron chi connectivity index (χ1n) is 13.9. The van der Waals surface area contributed by atoms with Gasteiger partial charge in [0.25, 0.3) is 0 Å². The Morgan fingerprint density at radius 1 is 0.345 bits per heavy atom. The summed E-state index contributed by atoms with van der Waals surface area (Å²) < 4.78 is 0.940. The Morgan fingerprint density at radius 2 is 0.552 bits per heavy atom. The molecule has 0 rings (SSSR count). The van der Waals surface area contributed by atoms with Crippen molar-refractivity contribution in [3.05, 3.63) is 0 Å². The maximum Gasteiger partial charge on any atom is 0.0110 e. The van der Waals surface area contributed by atoms with E-state index in [2.05, 4.69) is 36.4 Å². The van der Waals surface area contributed by atoms with Gasteiger partial charge in [0, 0.05) is 3.92 Å². The number of hydrogen-bond donors (Lipinski definition) is 0. The van der Waals surface area contributed by atoms with Crippen molar-refractivity contribution in [3.63, 3.8) is 0 Å². The topological polar surface area (TPSA) is 0 Å². The second-order valence-electron chi connectivity index (χ2n) is 9.60. The standard InChI is InChI=1S/C28H57I/c1-3-5-7-9-11-13-14-15-16-17-18-19-21-23-25-27-28(29)26-24-22-20-12-10-8-6-4-2/h28H,3-27H2,1-2H3. The average Bonchev–Trinajstić information content (AvgIpc) is 2.72. The van der Waals surface area contributed by atoms with E-state index in [4.69, 9.17) is 0 Å². The third kappa shape index (κ3) is 26.7. The zero-order valence-electron chi connectivity index (χ0n) is 20.6. The molecule has 0 heterocycles. The Kier molecular flexibility index (Phi) is 27.4. The van der Waals surface area contributed by atoms with E-state index in [0.29, 0.717) is 0 Å². The first-order valence-corrected chi connectivity index (χ1v) is 15.2. The molecule has 0 spiro atoms. The quantitative estimate of drug-likeness (QED) is 0.0638. The van der Waals surface area contributed by atoms with Crippen molar-refractivity contribution in [1.82, 2.24) is 0 Å². The lowest BCUT2D eigenvalue weighted by Crippen LogP contribution is -1.97. The predicted molar refractivity (Wildman–Crippen MR) is 145 cm³/mol. The largest absolute Gasteiger partial charge is 0.0826 e. The molecule has 0 N–H and O–H groups in total. The number of halogens is 1. The summed E-state index contributed by atoms with van der Waals surface area (Å²) in [7, 11) is 0. The number of rotatable bonds is 25.